The van der Waals surface area contributed by atoms with E-state index >= 15 is 0 Å². The first-order valence-electron chi connectivity index (χ1n) is 9.27. The van der Waals surface area contributed by atoms with E-state index in [4.69, 9.17) is 5.11 Å². The van der Waals surface area contributed by atoms with Crippen LogP contribution in [0, 0.1) is 0 Å². The summed E-state index contributed by atoms with van der Waals surface area (Å²) in [5.74, 6) is 0.680. The third-order valence-corrected chi connectivity index (χ3v) is 6.38. The predicted molar refractivity (Wildman–Crippen MR) is 115 cm³/mol. The Labute approximate surface area is 173 Å². The zero-order valence-corrected chi connectivity index (χ0v) is 16.3. The van der Waals surface area contributed by atoms with Crippen molar-refractivity contribution in [2.45, 2.75) is 16.7 Å². The molecule has 29 heavy (non-hydrogen) atoms. The maximum atomic E-state index is 10.7. The van der Waals surface area contributed by atoms with Crippen LogP contribution in [0.3, 0.4) is 0 Å². The van der Waals surface area contributed by atoms with Crippen molar-refractivity contribution in [2.24, 2.45) is 0 Å². The molecule has 3 N–H and O–H groups in total. The quantitative estimate of drug-likeness (QED) is 0.520. The van der Waals surface area contributed by atoms with Crippen molar-refractivity contribution in [3.8, 4) is 11.5 Å². The number of phenolic OH excluding ortho intramolecular Hbond substituents is 2. The maximum absolute atomic E-state index is 10.7. The summed E-state index contributed by atoms with van der Waals surface area (Å²) in [5, 5.41) is 28.4. The van der Waals surface area contributed by atoms with Crippen LogP contribution in [0.15, 0.2) is 77.7 Å². The molecule has 1 aliphatic heterocycles. The van der Waals surface area contributed by atoms with E-state index in [2.05, 4.69) is 0 Å². The number of thioether (sulfide) groups is 1. The van der Waals surface area contributed by atoms with E-state index in [1.165, 1.54) is 0 Å². The zero-order chi connectivity index (χ0) is 20.4. The Morgan fingerprint density at radius 3 is 2.24 bits per heavy atom. The van der Waals surface area contributed by atoms with Gasteiger partial charge in [0.1, 0.15) is 11.5 Å². The maximum Gasteiger partial charge on any atom is 0.328 e. The van der Waals surface area contributed by atoms with Gasteiger partial charge in [-0.2, -0.15) is 0 Å². The average molecular weight is 404 g/mol. The van der Waals surface area contributed by atoms with Crippen molar-refractivity contribution in [1.29, 1.82) is 0 Å². The number of rotatable bonds is 4. The number of fused-ring (bicyclic) bond motifs is 1. The third kappa shape index (κ3) is 4.15. The molecule has 5 heteroatoms. The number of hydrogen-bond donors (Lipinski definition) is 3. The van der Waals surface area contributed by atoms with Crippen molar-refractivity contribution in [3.05, 3.63) is 95.1 Å². The molecular weight excluding hydrogens is 384 g/mol. The number of aliphatic carboxylic acids is 1. The molecule has 0 aromatic heterocycles. The summed E-state index contributed by atoms with van der Waals surface area (Å²) in [6.45, 7) is 0. The number of phenols is 2. The molecule has 2 atom stereocenters. The first kappa shape index (κ1) is 19.2. The van der Waals surface area contributed by atoms with Crippen molar-refractivity contribution >= 4 is 23.8 Å². The second kappa shape index (κ2) is 8.05. The van der Waals surface area contributed by atoms with Crippen LogP contribution in [-0.2, 0) is 4.79 Å². The van der Waals surface area contributed by atoms with Crippen molar-refractivity contribution in [1.82, 2.24) is 0 Å². The van der Waals surface area contributed by atoms with E-state index in [9.17, 15) is 15.0 Å². The largest absolute Gasteiger partial charge is 0.508 e. The van der Waals surface area contributed by atoms with Gasteiger partial charge in [-0.25, -0.2) is 4.79 Å². The Balaban J connectivity index is 1.76. The first-order valence-corrected chi connectivity index (χ1v) is 10.3. The van der Waals surface area contributed by atoms with Gasteiger partial charge in [0.05, 0.1) is 0 Å². The van der Waals surface area contributed by atoms with E-state index in [0.717, 1.165) is 39.0 Å². The lowest BCUT2D eigenvalue weighted by molar-refractivity contribution is -0.131. The smallest absolute Gasteiger partial charge is 0.328 e. The Morgan fingerprint density at radius 2 is 1.55 bits per heavy atom. The van der Waals surface area contributed by atoms with Crippen LogP contribution in [0.4, 0.5) is 0 Å². The molecule has 3 aromatic rings. The van der Waals surface area contributed by atoms with Crippen LogP contribution >= 0.6 is 11.8 Å². The molecular formula is C24H20O4S. The van der Waals surface area contributed by atoms with E-state index in [1.807, 2.05) is 48.5 Å². The molecule has 3 aromatic carbocycles. The van der Waals surface area contributed by atoms with Crippen molar-refractivity contribution in [3.63, 3.8) is 0 Å². The lowest BCUT2D eigenvalue weighted by atomic mass is 9.77. The van der Waals surface area contributed by atoms with Gasteiger partial charge in [0.15, 0.2) is 0 Å². The number of aromatic hydroxyl groups is 2. The highest BCUT2D eigenvalue weighted by Gasteiger charge is 2.32. The summed E-state index contributed by atoms with van der Waals surface area (Å²) in [4.78, 5) is 11.8. The second-order valence-corrected chi connectivity index (χ2v) is 8.11. The van der Waals surface area contributed by atoms with Crippen LogP contribution in [0.2, 0.25) is 0 Å². The van der Waals surface area contributed by atoms with Gasteiger partial charge in [-0.05, 0) is 52.6 Å². The standard InChI is InChI=1S/C24H20O4S/c25-18-8-6-16(7-9-18)21-14-29-22-13-19(26)10-11-20(22)24(21)17-4-1-15(2-5-17)3-12-23(27)28/h1-13,21,24-26H,14H2,(H,27,28)/b12-3+. The summed E-state index contributed by atoms with van der Waals surface area (Å²) >= 11 is 1.72. The van der Waals surface area contributed by atoms with E-state index < -0.39 is 5.97 Å². The number of hydrogen-bond acceptors (Lipinski definition) is 4. The lowest BCUT2D eigenvalue weighted by Crippen LogP contribution is -2.19. The summed E-state index contributed by atoms with van der Waals surface area (Å²) in [5.41, 5.74) is 4.26. The molecule has 0 amide bonds. The fourth-order valence-corrected chi connectivity index (χ4v) is 5.11. The topological polar surface area (TPSA) is 77.8 Å². The molecule has 0 saturated heterocycles. The highest BCUT2D eigenvalue weighted by atomic mass is 32.2. The first-order chi connectivity index (χ1) is 14.0. The number of carboxylic acids is 1. The fourth-order valence-electron chi connectivity index (χ4n) is 3.80. The van der Waals surface area contributed by atoms with Gasteiger partial charge in [0.2, 0.25) is 0 Å². The van der Waals surface area contributed by atoms with E-state index in [1.54, 1.807) is 36.0 Å². The minimum Gasteiger partial charge on any atom is -0.508 e. The summed E-state index contributed by atoms with van der Waals surface area (Å²) < 4.78 is 0. The normalized spacial score (nSPS) is 18.5. The molecule has 1 aliphatic rings. The van der Waals surface area contributed by atoms with Crippen LogP contribution in [0.1, 0.15) is 34.1 Å². The molecule has 1 heterocycles. The number of carbonyl (C=O) groups is 1. The van der Waals surface area contributed by atoms with Gasteiger partial charge >= 0.3 is 5.97 Å². The Kier molecular flexibility index (Phi) is 5.32. The Morgan fingerprint density at radius 1 is 0.897 bits per heavy atom. The van der Waals surface area contributed by atoms with Gasteiger partial charge in [-0.15, -0.1) is 11.8 Å². The molecule has 0 aliphatic carbocycles. The summed E-state index contributed by atoms with van der Waals surface area (Å²) in [6, 6.07) is 20.8. The SMILES string of the molecule is O=C(O)/C=C/c1ccc(C2c3ccc(O)cc3SCC2c2ccc(O)cc2)cc1. The number of carboxylic acid groups (broad SMARTS) is 1. The molecule has 4 nitrogen and oxygen atoms in total. The van der Waals surface area contributed by atoms with Gasteiger partial charge in [0, 0.05) is 28.6 Å². The van der Waals surface area contributed by atoms with Gasteiger partial charge in [-0.3, -0.25) is 0 Å². The molecule has 146 valence electrons. The Hall–Kier alpha value is -3.18. The second-order valence-electron chi connectivity index (χ2n) is 7.05. The molecule has 2 unspecified atom stereocenters. The molecule has 0 fully saturated rings. The third-order valence-electron chi connectivity index (χ3n) is 5.19. The number of benzene rings is 3. The lowest BCUT2D eigenvalue weighted by Gasteiger charge is -2.34. The van der Waals surface area contributed by atoms with E-state index in [0.29, 0.717) is 0 Å². The average Bonchev–Trinajstić information content (AvgIpc) is 2.72. The highest BCUT2D eigenvalue weighted by Crippen LogP contribution is 2.49. The summed E-state index contributed by atoms with van der Waals surface area (Å²) in [7, 11) is 0. The predicted octanol–water partition coefficient (Wildman–Crippen LogP) is 5.22. The van der Waals surface area contributed by atoms with Crippen LogP contribution in [0.5, 0.6) is 11.5 Å². The molecule has 0 spiro atoms. The highest BCUT2D eigenvalue weighted by molar-refractivity contribution is 7.99. The molecule has 4 rings (SSSR count). The van der Waals surface area contributed by atoms with Crippen LogP contribution in [-0.4, -0.2) is 27.0 Å². The van der Waals surface area contributed by atoms with Crippen molar-refractivity contribution in [2.75, 3.05) is 5.75 Å². The van der Waals surface area contributed by atoms with Gasteiger partial charge < -0.3 is 15.3 Å². The van der Waals surface area contributed by atoms with Gasteiger partial charge in [0.25, 0.3) is 0 Å². The molecule has 0 bridgehead atoms. The van der Waals surface area contributed by atoms with Crippen LogP contribution in [0.25, 0.3) is 6.08 Å². The zero-order valence-electron chi connectivity index (χ0n) is 15.5. The molecule has 0 radical (unpaired) electrons. The van der Waals surface area contributed by atoms with Gasteiger partial charge in [-0.1, -0.05) is 42.5 Å². The molecule has 0 saturated carbocycles. The monoisotopic (exact) mass is 404 g/mol. The fraction of sp³-hybridized carbons (Fsp3) is 0.125. The van der Waals surface area contributed by atoms with Crippen molar-refractivity contribution < 1.29 is 20.1 Å². The van der Waals surface area contributed by atoms with E-state index in [-0.39, 0.29) is 23.3 Å². The minimum atomic E-state index is -0.973. The van der Waals surface area contributed by atoms with Crippen LogP contribution < -0.4 is 0 Å². The summed E-state index contributed by atoms with van der Waals surface area (Å²) in [6.07, 6.45) is 2.70. The minimum absolute atomic E-state index is 0.0916. The Bertz CT molecular complexity index is 1060.